The number of aliphatic carboxylic acids is 1. The summed E-state index contributed by atoms with van der Waals surface area (Å²) in [5.41, 5.74) is 0. The second-order valence-electron chi connectivity index (χ2n) is 3.34. The van der Waals surface area contributed by atoms with E-state index in [9.17, 15) is 9.59 Å². The van der Waals surface area contributed by atoms with Crippen molar-refractivity contribution in [1.82, 2.24) is 5.32 Å². The largest absolute Gasteiger partial charge is 0.502 e. The van der Waals surface area contributed by atoms with Crippen LogP contribution in [0.4, 0.5) is 0 Å². The lowest BCUT2D eigenvalue weighted by Crippen LogP contribution is -2.24. The highest BCUT2D eigenvalue weighted by Gasteiger charge is 2.01. The summed E-state index contributed by atoms with van der Waals surface area (Å²) in [5.74, 6) is -0.856. The van der Waals surface area contributed by atoms with E-state index >= 15 is 0 Å². The minimum absolute atomic E-state index is 0.0380. The average molecular weight is 229 g/mol. The van der Waals surface area contributed by atoms with Gasteiger partial charge in [0.25, 0.3) is 0 Å². The maximum absolute atomic E-state index is 11.2. The molecule has 1 amide bonds. The molecule has 0 saturated carbocycles. The lowest BCUT2D eigenvalue weighted by Gasteiger charge is -2.04. The van der Waals surface area contributed by atoms with Crippen LogP contribution < -0.4 is 5.32 Å². The lowest BCUT2D eigenvalue weighted by atomic mass is 10.2. The van der Waals surface area contributed by atoms with Crippen LogP contribution in [0, 0.1) is 0 Å². The summed E-state index contributed by atoms with van der Waals surface area (Å²) in [7, 11) is 0. The number of carbonyl (C=O) groups is 2. The number of hydrogen-bond acceptors (Lipinski definition) is 3. The first-order valence-corrected chi connectivity index (χ1v) is 5.38. The van der Waals surface area contributed by atoms with Gasteiger partial charge >= 0.3 is 5.97 Å². The molecule has 0 fully saturated rings. The summed E-state index contributed by atoms with van der Waals surface area (Å²) < 4.78 is 4.89. The number of carboxylic acids is 1. The van der Waals surface area contributed by atoms with Crippen molar-refractivity contribution < 1.29 is 19.4 Å². The van der Waals surface area contributed by atoms with Crippen molar-refractivity contribution in [1.29, 1.82) is 0 Å². The standard InChI is InChI=1S/C11H19NO4/c1-2-16-9-5-8-12-10(13)6-3-4-7-11(14)15/h2H,1,3-9H2,(H,12,13)(H,14,15). The molecule has 0 radical (unpaired) electrons. The zero-order valence-corrected chi connectivity index (χ0v) is 9.41. The molecule has 0 saturated heterocycles. The number of carboxylic acid groups (broad SMARTS) is 1. The Morgan fingerprint density at radius 1 is 1.25 bits per heavy atom. The molecule has 0 heterocycles. The lowest BCUT2D eigenvalue weighted by molar-refractivity contribution is -0.137. The molecule has 0 atom stereocenters. The fourth-order valence-corrected chi connectivity index (χ4v) is 1.12. The normalized spacial score (nSPS) is 9.50. The van der Waals surface area contributed by atoms with E-state index in [1.807, 2.05) is 0 Å². The first kappa shape index (κ1) is 14.5. The third-order valence-corrected chi connectivity index (χ3v) is 1.92. The van der Waals surface area contributed by atoms with Crippen LogP contribution in [0.1, 0.15) is 32.1 Å². The molecular weight excluding hydrogens is 210 g/mol. The van der Waals surface area contributed by atoms with Crippen LogP contribution in [0.25, 0.3) is 0 Å². The molecule has 5 heteroatoms. The quantitative estimate of drug-likeness (QED) is 0.437. The van der Waals surface area contributed by atoms with Crippen LogP contribution in [0.15, 0.2) is 12.8 Å². The van der Waals surface area contributed by atoms with E-state index in [0.29, 0.717) is 32.4 Å². The van der Waals surface area contributed by atoms with E-state index in [1.54, 1.807) is 0 Å². The molecule has 0 rings (SSSR count). The Bertz CT molecular complexity index is 228. The molecule has 0 aromatic carbocycles. The van der Waals surface area contributed by atoms with Gasteiger partial charge in [-0.1, -0.05) is 6.58 Å². The highest BCUT2D eigenvalue weighted by Crippen LogP contribution is 1.99. The fourth-order valence-electron chi connectivity index (χ4n) is 1.12. The van der Waals surface area contributed by atoms with Gasteiger partial charge in [-0.2, -0.15) is 0 Å². The Hall–Kier alpha value is -1.52. The first-order valence-electron chi connectivity index (χ1n) is 5.38. The topological polar surface area (TPSA) is 75.6 Å². The molecule has 0 aliphatic heterocycles. The molecule has 0 aliphatic carbocycles. The van der Waals surface area contributed by atoms with Gasteiger partial charge in [0.15, 0.2) is 0 Å². The molecule has 0 aromatic heterocycles. The van der Waals surface area contributed by atoms with Crippen molar-refractivity contribution >= 4 is 11.9 Å². The third-order valence-electron chi connectivity index (χ3n) is 1.92. The number of ether oxygens (including phenoxy) is 1. The summed E-state index contributed by atoms with van der Waals surface area (Å²) in [4.78, 5) is 21.4. The minimum atomic E-state index is -0.818. The van der Waals surface area contributed by atoms with Gasteiger partial charge in [-0.15, -0.1) is 0 Å². The van der Waals surface area contributed by atoms with Crippen molar-refractivity contribution in [2.45, 2.75) is 32.1 Å². The van der Waals surface area contributed by atoms with Crippen LogP contribution in [0.3, 0.4) is 0 Å². The smallest absolute Gasteiger partial charge is 0.303 e. The van der Waals surface area contributed by atoms with E-state index in [1.165, 1.54) is 6.26 Å². The zero-order valence-electron chi connectivity index (χ0n) is 9.41. The van der Waals surface area contributed by atoms with Crippen molar-refractivity contribution in [2.75, 3.05) is 13.2 Å². The highest BCUT2D eigenvalue weighted by atomic mass is 16.5. The van der Waals surface area contributed by atoms with Gasteiger partial charge in [-0.25, -0.2) is 0 Å². The van der Waals surface area contributed by atoms with Gasteiger partial charge in [0.1, 0.15) is 0 Å². The maximum atomic E-state index is 11.2. The monoisotopic (exact) mass is 229 g/mol. The van der Waals surface area contributed by atoms with Gasteiger partial charge in [0.05, 0.1) is 12.9 Å². The predicted octanol–water partition coefficient (Wildman–Crippen LogP) is 1.30. The third kappa shape index (κ3) is 10.6. The molecule has 0 aliphatic rings. The van der Waals surface area contributed by atoms with Crippen LogP contribution in [-0.4, -0.2) is 30.1 Å². The van der Waals surface area contributed by atoms with Crippen LogP contribution in [0.5, 0.6) is 0 Å². The van der Waals surface area contributed by atoms with E-state index < -0.39 is 5.97 Å². The summed E-state index contributed by atoms with van der Waals surface area (Å²) >= 11 is 0. The first-order chi connectivity index (χ1) is 7.66. The second kappa shape index (κ2) is 10.0. The molecule has 0 spiro atoms. The Kier molecular flexibility index (Phi) is 9.06. The number of unbranched alkanes of at least 4 members (excludes halogenated alkanes) is 1. The Labute approximate surface area is 95.5 Å². The zero-order chi connectivity index (χ0) is 12.2. The Balaban J connectivity index is 3.24. The summed E-state index contributed by atoms with van der Waals surface area (Å²) in [6.45, 7) is 4.52. The molecule has 0 aromatic rings. The second-order valence-corrected chi connectivity index (χ2v) is 3.34. The van der Waals surface area contributed by atoms with Crippen molar-refractivity contribution in [3.63, 3.8) is 0 Å². The molecule has 92 valence electrons. The maximum Gasteiger partial charge on any atom is 0.303 e. The number of nitrogens with one attached hydrogen (secondary N) is 1. The van der Waals surface area contributed by atoms with Gasteiger partial charge in [-0.05, 0) is 19.3 Å². The fraction of sp³-hybridized carbons (Fsp3) is 0.636. The number of rotatable bonds is 10. The summed E-state index contributed by atoms with van der Waals surface area (Å²) in [6, 6.07) is 0. The molecule has 0 bridgehead atoms. The van der Waals surface area contributed by atoms with Crippen LogP contribution >= 0.6 is 0 Å². The van der Waals surface area contributed by atoms with E-state index in [0.717, 1.165) is 6.42 Å². The van der Waals surface area contributed by atoms with Crippen molar-refractivity contribution in [2.24, 2.45) is 0 Å². The average Bonchev–Trinajstić information content (AvgIpc) is 2.24. The van der Waals surface area contributed by atoms with E-state index in [4.69, 9.17) is 9.84 Å². The Morgan fingerprint density at radius 3 is 2.56 bits per heavy atom. The minimum Gasteiger partial charge on any atom is -0.502 e. The number of hydrogen-bond donors (Lipinski definition) is 2. The van der Waals surface area contributed by atoms with Crippen molar-refractivity contribution in [3.8, 4) is 0 Å². The Morgan fingerprint density at radius 2 is 1.94 bits per heavy atom. The van der Waals surface area contributed by atoms with E-state index in [-0.39, 0.29) is 12.3 Å². The van der Waals surface area contributed by atoms with Gasteiger partial charge in [0.2, 0.25) is 5.91 Å². The van der Waals surface area contributed by atoms with Gasteiger partial charge in [0, 0.05) is 19.4 Å². The van der Waals surface area contributed by atoms with Crippen molar-refractivity contribution in [3.05, 3.63) is 12.8 Å². The highest BCUT2D eigenvalue weighted by molar-refractivity contribution is 5.75. The SMILES string of the molecule is C=COCCCNC(=O)CCCCC(=O)O. The number of amides is 1. The summed E-state index contributed by atoms with van der Waals surface area (Å²) in [5, 5.41) is 11.1. The number of carbonyl (C=O) groups excluding carboxylic acids is 1. The van der Waals surface area contributed by atoms with Crippen LogP contribution in [0.2, 0.25) is 0 Å². The van der Waals surface area contributed by atoms with Gasteiger partial charge in [-0.3, -0.25) is 9.59 Å². The molecule has 16 heavy (non-hydrogen) atoms. The van der Waals surface area contributed by atoms with Crippen LogP contribution in [-0.2, 0) is 14.3 Å². The molecule has 2 N–H and O–H groups in total. The summed E-state index contributed by atoms with van der Waals surface area (Å²) in [6.07, 6.45) is 3.78. The molecule has 5 nitrogen and oxygen atoms in total. The predicted molar refractivity (Wildman–Crippen MR) is 59.9 cm³/mol. The van der Waals surface area contributed by atoms with E-state index in [2.05, 4.69) is 11.9 Å². The molecular formula is C11H19NO4. The molecule has 0 unspecified atom stereocenters. The van der Waals surface area contributed by atoms with Gasteiger partial charge < -0.3 is 15.2 Å².